The third kappa shape index (κ3) is 7.22. The molecule has 0 aliphatic rings. The second kappa shape index (κ2) is 13.0. The summed E-state index contributed by atoms with van der Waals surface area (Å²) < 4.78 is 36.4. The summed E-state index contributed by atoms with van der Waals surface area (Å²) in [5.74, 6) is 1.55. The van der Waals surface area contributed by atoms with Crippen LogP contribution in [0, 0.1) is 5.82 Å². The Morgan fingerprint density at radius 2 is 1.65 bits per heavy atom. The Labute approximate surface area is 207 Å². The fourth-order valence-electron chi connectivity index (χ4n) is 3.41. The molecule has 3 aromatic carbocycles. The molecule has 0 spiro atoms. The molecule has 0 saturated carbocycles. The van der Waals surface area contributed by atoms with Crippen LogP contribution in [0.1, 0.15) is 25.3 Å². The van der Waals surface area contributed by atoms with Gasteiger partial charge in [0.05, 0.1) is 31.4 Å². The van der Waals surface area contributed by atoms with Gasteiger partial charge in [-0.25, -0.2) is 4.39 Å². The first kappa shape index (κ1) is 25.6. The Morgan fingerprint density at radius 1 is 0.941 bits per heavy atom. The van der Waals surface area contributed by atoms with Gasteiger partial charge in [-0.2, -0.15) is 0 Å². The third-order valence-electron chi connectivity index (χ3n) is 5.09. The van der Waals surface area contributed by atoms with Gasteiger partial charge in [0.15, 0.2) is 0 Å². The van der Waals surface area contributed by atoms with Crippen molar-refractivity contribution in [1.82, 2.24) is 0 Å². The maximum Gasteiger partial charge on any atom is 0.306 e. The third-order valence-corrected chi connectivity index (χ3v) is 5.71. The van der Waals surface area contributed by atoms with Gasteiger partial charge in [-0.1, -0.05) is 30.3 Å². The van der Waals surface area contributed by atoms with Gasteiger partial charge in [-0.3, -0.25) is 4.79 Å². The van der Waals surface area contributed by atoms with Gasteiger partial charge in [0.1, 0.15) is 23.1 Å². The summed E-state index contributed by atoms with van der Waals surface area (Å²) in [4.78, 5) is 11.6. The highest BCUT2D eigenvalue weighted by atomic mass is 79.9. The van der Waals surface area contributed by atoms with Crippen LogP contribution in [0.5, 0.6) is 17.2 Å². The molecule has 0 heterocycles. The highest BCUT2D eigenvalue weighted by Crippen LogP contribution is 2.38. The SMILES string of the molecule is CCOC(=O)CCc1ccccc1OCCCOc1cc(OC)c(-c2ccc(F)cc2)cc1Br. The van der Waals surface area contributed by atoms with Crippen molar-refractivity contribution in [1.29, 1.82) is 0 Å². The predicted molar refractivity (Wildman–Crippen MR) is 133 cm³/mol. The first-order valence-electron chi connectivity index (χ1n) is 11.1. The van der Waals surface area contributed by atoms with Crippen molar-refractivity contribution in [2.24, 2.45) is 0 Å². The summed E-state index contributed by atoms with van der Waals surface area (Å²) in [6.07, 6.45) is 1.56. The van der Waals surface area contributed by atoms with Crippen molar-refractivity contribution in [2.45, 2.75) is 26.2 Å². The molecular weight excluding hydrogens is 503 g/mol. The summed E-state index contributed by atoms with van der Waals surface area (Å²) in [5.41, 5.74) is 2.66. The number of halogens is 2. The van der Waals surface area contributed by atoms with Crippen molar-refractivity contribution in [3.8, 4) is 28.4 Å². The molecule has 0 bridgehead atoms. The second-order valence-electron chi connectivity index (χ2n) is 7.45. The lowest BCUT2D eigenvalue weighted by molar-refractivity contribution is -0.143. The van der Waals surface area contributed by atoms with E-state index in [1.165, 1.54) is 12.1 Å². The topological polar surface area (TPSA) is 54.0 Å². The minimum Gasteiger partial charge on any atom is -0.496 e. The van der Waals surface area contributed by atoms with Crippen LogP contribution in [0.3, 0.4) is 0 Å². The highest BCUT2D eigenvalue weighted by molar-refractivity contribution is 9.10. The van der Waals surface area contributed by atoms with Gasteiger partial charge in [0, 0.05) is 24.5 Å². The van der Waals surface area contributed by atoms with Crippen molar-refractivity contribution in [3.05, 3.63) is 76.5 Å². The molecule has 0 unspecified atom stereocenters. The zero-order chi connectivity index (χ0) is 24.3. The number of rotatable bonds is 12. The van der Waals surface area contributed by atoms with Crippen LogP contribution in [0.2, 0.25) is 0 Å². The van der Waals surface area contributed by atoms with Crippen molar-refractivity contribution in [3.63, 3.8) is 0 Å². The summed E-state index contributed by atoms with van der Waals surface area (Å²) in [6.45, 7) is 3.10. The van der Waals surface area contributed by atoms with Gasteiger partial charge < -0.3 is 18.9 Å². The second-order valence-corrected chi connectivity index (χ2v) is 8.31. The Balaban J connectivity index is 1.53. The average molecular weight is 531 g/mol. The molecular formula is C27H28BrFO5. The number of esters is 1. The maximum absolute atomic E-state index is 13.3. The molecule has 7 heteroatoms. The fraction of sp³-hybridized carbons (Fsp3) is 0.296. The molecule has 0 aliphatic carbocycles. The monoisotopic (exact) mass is 530 g/mol. The largest absolute Gasteiger partial charge is 0.496 e. The normalized spacial score (nSPS) is 10.6. The van der Waals surface area contributed by atoms with Crippen LogP contribution in [-0.2, 0) is 16.0 Å². The van der Waals surface area contributed by atoms with Gasteiger partial charge in [-0.05, 0) is 64.7 Å². The zero-order valence-electron chi connectivity index (χ0n) is 19.3. The summed E-state index contributed by atoms with van der Waals surface area (Å²) in [6, 6.07) is 17.7. The molecule has 0 amide bonds. The standard InChI is InChI=1S/C27H28BrFO5/c1-3-32-27(30)14-11-20-7-4-5-8-24(20)33-15-6-16-34-26-18-25(31-2)22(17-23(26)28)19-9-12-21(29)13-10-19/h4-5,7-10,12-13,17-18H,3,6,11,14-16H2,1-2H3. The Morgan fingerprint density at radius 3 is 2.35 bits per heavy atom. The molecule has 0 atom stereocenters. The molecule has 34 heavy (non-hydrogen) atoms. The minimum atomic E-state index is -0.287. The molecule has 180 valence electrons. The van der Waals surface area contributed by atoms with Crippen molar-refractivity contribution in [2.75, 3.05) is 26.9 Å². The van der Waals surface area contributed by atoms with Crippen LogP contribution < -0.4 is 14.2 Å². The number of ether oxygens (including phenoxy) is 4. The lowest BCUT2D eigenvalue weighted by atomic mass is 10.0. The number of methoxy groups -OCH3 is 1. The highest BCUT2D eigenvalue weighted by Gasteiger charge is 2.13. The molecule has 0 aromatic heterocycles. The zero-order valence-corrected chi connectivity index (χ0v) is 20.9. The van der Waals surface area contributed by atoms with E-state index >= 15 is 0 Å². The van der Waals surface area contributed by atoms with Gasteiger partial charge in [0.2, 0.25) is 0 Å². The van der Waals surface area contributed by atoms with Crippen LogP contribution in [-0.4, -0.2) is 32.9 Å². The summed E-state index contributed by atoms with van der Waals surface area (Å²) in [5, 5.41) is 0. The maximum atomic E-state index is 13.3. The fourth-order valence-corrected chi connectivity index (χ4v) is 3.87. The predicted octanol–water partition coefficient (Wildman–Crippen LogP) is 6.61. The number of hydrogen-bond acceptors (Lipinski definition) is 5. The number of aryl methyl sites for hydroxylation is 1. The van der Waals surface area contributed by atoms with Gasteiger partial charge in [-0.15, -0.1) is 0 Å². The van der Waals surface area contributed by atoms with Crippen LogP contribution in [0.15, 0.2) is 65.1 Å². The summed E-state index contributed by atoms with van der Waals surface area (Å²) >= 11 is 3.55. The first-order chi connectivity index (χ1) is 16.5. The molecule has 3 rings (SSSR count). The van der Waals surface area contributed by atoms with E-state index in [4.69, 9.17) is 18.9 Å². The number of benzene rings is 3. The number of hydrogen-bond donors (Lipinski definition) is 0. The molecule has 0 fully saturated rings. The van der Waals surface area contributed by atoms with E-state index < -0.39 is 0 Å². The van der Waals surface area contributed by atoms with E-state index in [1.54, 1.807) is 26.2 Å². The van der Waals surface area contributed by atoms with Crippen LogP contribution >= 0.6 is 15.9 Å². The lowest BCUT2D eigenvalue weighted by Gasteiger charge is -2.15. The Bertz CT molecular complexity index is 1080. The molecule has 0 saturated heterocycles. The number of para-hydroxylation sites is 1. The molecule has 0 radical (unpaired) electrons. The molecule has 3 aromatic rings. The average Bonchev–Trinajstić information content (AvgIpc) is 2.84. The van der Waals surface area contributed by atoms with E-state index in [-0.39, 0.29) is 11.8 Å². The van der Waals surface area contributed by atoms with Gasteiger partial charge in [0.25, 0.3) is 0 Å². The van der Waals surface area contributed by atoms with Crippen LogP contribution in [0.4, 0.5) is 4.39 Å². The number of carbonyl (C=O) groups excluding carboxylic acids is 1. The van der Waals surface area contributed by atoms with Crippen molar-refractivity contribution >= 4 is 21.9 Å². The quantitative estimate of drug-likeness (QED) is 0.195. The van der Waals surface area contributed by atoms with E-state index in [0.717, 1.165) is 26.9 Å². The smallest absolute Gasteiger partial charge is 0.306 e. The minimum absolute atomic E-state index is 0.211. The molecule has 0 aliphatic heterocycles. The summed E-state index contributed by atoms with van der Waals surface area (Å²) in [7, 11) is 1.59. The first-order valence-corrected chi connectivity index (χ1v) is 11.9. The van der Waals surface area contributed by atoms with Crippen molar-refractivity contribution < 1.29 is 28.1 Å². The van der Waals surface area contributed by atoms with E-state index in [2.05, 4.69) is 15.9 Å². The molecule has 5 nitrogen and oxygen atoms in total. The molecule has 0 N–H and O–H groups in total. The van der Waals surface area contributed by atoms with Crippen LogP contribution in [0.25, 0.3) is 11.1 Å². The number of carbonyl (C=O) groups is 1. The van der Waals surface area contributed by atoms with E-state index in [9.17, 15) is 9.18 Å². The van der Waals surface area contributed by atoms with Gasteiger partial charge >= 0.3 is 5.97 Å². The Kier molecular flexibility index (Phi) is 9.76. The Hall–Kier alpha value is -3.06. The van der Waals surface area contributed by atoms with E-state index in [1.807, 2.05) is 36.4 Å². The van der Waals surface area contributed by atoms with E-state index in [0.29, 0.717) is 50.6 Å². The lowest BCUT2D eigenvalue weighted by Crippen LogP contribution is -2.08.